The molecule has 0 spiro atoms. The lowest BCUT2D eigenvalue weighted by Crippen LogP contribution is -2.33. The van der Waals surface area contributed by atoms with E-state index in [4.69, 9.17) is 0 Å². The van der Waals surface area contributed by atoms with E-state index in [1.54, 1.807) is 47.5 Å². The maximum atomic E-state index is 14.1. The number of aromatic nitrogens is 1. The zero-order valence-electron chi connectivity index (χ0n) is 12.7. The molecule has 0 radical (unpaired) electrons. The minimum atomic E-state index is -0.513. The largest absolute Gasteiger partial charge is 0.359 e. The fraction of sp³-hybridized carbons (Fsp3) is 0.0526. The lowest BCUT2D eigenvalue weighted by Gasteiger charge is -2.26. The number of nitrogens with one attached hydrogen (secondary N) is 1. The topological polar surface area (TPSA) is 45.2 Å². The zero-order chi connectivity index (χ0) is 16.5. The molecule has 0 unspecified atom stereocenters. The molecule has 0 saturated heterocycles. The van der Waals surface area contributed by atoms with Crippen LogP contribution in [0.3, 0.4) is 0 Å². The van der Waals surface area contributed by atoms with Crippen molar-refractivity contribution in [3.05, 3.63) is 89.9 Å². The SMILES string of the molecule is O=C1c2ccccc2[C@@H](Nc2ccccc2F)N1c1ccccn1. The number of anilines is 2. The average Bonchev–Trinajstić information content (AvgIpc) is 2.90. The first-order chi connectivity index (χ1) is 11.8. The number of para-hydroxylation sites is 1. The molecule has 1 aliphatic heterocycles. The van der Waals surface area contributed by atoms with Crippen LogP contribution < -0.4 is 10.2 Å². The van der Waals surface area contributed by atoms with Gasteiger partial charge in [0.05, 0.1) is 5.69 Å². The van der Waals surface area contributed by atoms with Gasteiger partial charge in [0.1, 0.15) is 17.8 Å². The summed E-state index contributed by atoms with van der Waals surface area (Å²) >= 11 is 0. The molecule has 3 aromatic rings. The van der Waals surface area contributed by atoms with Gasteiger partial charge in [0.2, 0.25) is 0 Å². The van der Waals surface area contributed by atoms with E-state index in [1.165, 1.54) is 6.07 Å². The molecule has 4 nitrogen and oxygen atoms in total. The number of hydrogen-bond donors (Lipinski definition) is 1. The number of hydrogen-bond acceptors (Lipinski definition) is 3. The van der Waals surface area contributed by atoms with Gasteiger partial charge in [-0.25, -0.2) is 9.37 Å². The summed E-state index contributed by atoms with van der Waals surface area (Å²) in [7, 11) is 0. The van der Waals surface area contributed by atoms with Crippen LogP contribution in [-0.2, 0) is 0 Å². The van der Waals surface area contributed by atoms with Crippen LogP contribution in [0.2, 0.25) is 0 Å². The zero-order valence-corrected chi connectivity index (χ0v) is 12.7. The van der Waals surface area contributed by atoms with Gasteiger partial charge in [-0.15, -0.1) is 0 Å². The molecular formula is C19H14FN3O. The van der Waals surface area contributed by atoms with E-state index >= 15 is 0 Å². The van der Waals surface area contributed by atoms with Crippen LogP contribution >= 0.6 is 0 Å². The van der Waals surface area contributed by atoms with Crippen LogP contribution in [-0.4, -0.2) is 10.9 Å². The molecule has 1 amide bonds. The van der Waals surface area contributed by atoms with Crippen LogP contribution in [0.4, 0.5) is 15.9 Å². The van der Waals surface area contributed by atoms with Gasteiger partial charge in [-0.2, -0.15) is 0 Å². The Balaban J connectivity index is 1.81. The minimum absolute atomic E-state index is 0.155. The van der Waals surface area contributed by atoms with Crippen molar-refractivity contribution < 1.29 is 9.18 Å². The molecule has 5 heteroatoms. The summed E-state index contributed by atoms with van der Waals surface area (Å²) in [6, 6.07) is 19.1. The van der Waals surface area contributed by atoms with Gasteiger partial charge in [-0.1, -0.05) is 36.4 Å². The van der Waals surface area contributed by atoms with Crippen LogP contribution in [0.1, 0.15) is 22.1 Å². The number of fused-ring (bicyclic) bond motifs is 1. The van der Waals surface area contributed by atoms with Gasteiger partial charge >= 0.3 is 0 Å². The molecule has 0 bridgehead atoms. The molecule has 0 fully saturated rings. The molecule has 4 rings (SSSR count). The monoisotopic (exact) mass is 319 g/mol. The first-order valence-electron chi connectivity index (χ1n) is 7.60. The summed E-state index contributed by atoms with van der Waals surface area (Å²) in [5.74, 6) is 0.000907. The highest BCUT2D eigenvalue weighted by molar-refractivity contribution is 6.10. The maximum absolute atomic E-state index is 14.1. The van der Waals surface area contributed by atoms with Gasteiger partial charge in [0.15, 0.2) is 0 Å². The standard InChI is InChI=1S/C19H14FN3O/c20-15-9-3-4-10-16(15)22-18-13-7-1-2-8-14(13)19(24)23(18)17-11-5-6-12-21-17/h1-12,18,22H/t18-/m0/s1. The smallest absolute Gasteiger partial charge is 0.261 e. The minimum Gasteiger partial charge on any atom is -0.359 e. The van der Waals surface area contributed by atoms with Crippen molar-refractivity contribution in [2.24, 2.45) is 0 Å². The van der Waals surface area contributed by atoms with Crippen LogP contribution in [0.15, 0.2) is 72.9 Å². The molecule has 24 heavy (non-hydrogen) atoms. The van der Waals surface area contributed by atoms with Crippen molar-refractivity contribution in [2.75, 3.05) is 10.2 Å². The quantitative estimate of drug-likeness (QED) is 0.794. The lowest BCUT2D eigenvalue weighted by atomic mass is 10.1. The summed E-state index contributed by atoms with van der Waals surface area (Å²) in [4.78, 5) is 18.7. The summed E-state index contributed by atoms with van der Waals surface area (Å²) in [5.41, 5.74) is 1.74. The summed E-state index contributed by atoms with van der Waals surface area (Å²) in [6.07, 6.45) is 1.12. The van der Waals surface area contributed by atoms with Gasteiger partial charge in [0, 0.05) is 17.3 Å². The van der Waals surface area contributed by atoms with E-state index in [0.717, 1.165) is 5.56 Å². The third-order valence-corrected chi connectivity index (χ3v) is 4.02. The molecule has 0 aliphatic carbocycles. The van der Waals surface area contributed by atoms with Crippen molar-refractivity contribution in [3.8, 4) is 0 Å². The molecule has 118 valence electrons. The Morgan fingerprint density at radius 1 is 0.958 bits per heavy atom. The molecule has 2 heterocycles. The van der Waals surface area contributed by atoms with Crippen LogP contribution in [0.5, 0.6) is 0 Å². The fourth-order valence-corrected chi connectivity index (χ4v) is 2.92. The molecule has 1 atom stereocenters. The third-order valence-electron chi connectivity index (χ3n) is 4.02. The first-order valence-corrected chi connectivity index (χ1v) is 7.60. The Morgan fingerprint density at radius 2 is 1.71 bits per heavy atom. The molecule has 1 aliphatic rings. The van der Waals surface area contributed by atoms with Crippen molar-refractivity contribution >= 4 is 17.4 Å². The second-order valence-electron chi connectivity index (χ2n) is 5.48. The fourth-order valence-electron chi connectivity index (χ4n) is 2.92. The number of benzene rings is 2. The van der Waals surface area contributed by atoms with E-state index in [-0.39, 0.29) is 11.7 Å². The molecule has 1 N–H and O–H groups in total. The summed E-state index contributed by atoms with van der Waals surface area (Å²) in [5, 5.41) is 3.13. The van der Waals surface area contributed by atoms with Gasteiger partial charge in [-0.05, 0) is 30.3 Å². The Bertz CT molecular complexity index is 898. The van der Waals surface area contributed by atoms with Crippen molar-refractivity contribution in [2.45, 2.75) is 6.17 Å². The second kappa shape index (κ2) is 5.77. The third kappa shape index (κ3) is 2.31. The number of carbonyl (C=O) groups is 1. The highest BCUT2D eigenvalue weighted by atomic mass is 19.1. The van der Waals surface area contributed by atoms with Gasteiger partial charge in [0.25, 0.3) is 5.91 Å². The number of pyridine rings is 1. The number of rotatable bonds is 3. The molecule has 2 aromatic carbocycles. The van der Waals surface area contributed by atoms with Crippen LogP contribution in [0, 0.1) is 5.82 Å². The average molecular weight is 319 g/mol. The highest BCUT2D eigenvalue weighted by Crippen LogP contribution is 2.37. The van der Waals surface area contributed by atoms with Gasteiger partial charge in [-0.3, -0.25) is 9.69 Å². The predicted octanol–water partition coefficient (Wildman–Crippen LogP) is 3.99. The van der Waals surface area contributed by atoms with E-state index in [0.29, 0.717) is 17.1 Å². The Labute approximate surface area is 138 Å². The van der Waals surface area contributed by atoms with E-state index in [9.17, 15) is 9.18 Å². The first kappa shape index (κ1) is 14.4. The molecule has 1 aromatic heterocycles. The summed E-state index contributed by atoms with van der Waals surface area (Å²) in [6.45, 7) is 0. The Kier molecular flexibility index (Phi) is 3.46. The van der Waals surface area contributed by atoms with Gasteiger partial charge < -0.3 is 5.32 Å². The van der Waals surface area contributed by atoms with E-state index in [1.807, 2.05) is 24.3 Å². The number of nitrogens with zero attached hydrogens (tertiary/aromatic N) is 2. The summed E-state index contributed by atoms with van der Waals surface area (Å²) < 4.78 is 14.1. The van der Waals surface area contributed by atoms with E-state index < -0.39 is 6.17 Å². The van der Waals surface area contributed by atoms with Crippen LogP contribution in [0.25, 0.3) is 0 Å². The second-order valence-corrected chi connectivity index (χ2v) is 5.48. The Hall–Kier alpha value is -3.21. The van der Waals surface area contributed by atoms with Crippen molar-refractivity contribution in [1.29, 1.82) is 0 Å². The molecular weight excluding hydrogens is 305 g/mol. The predicted molar refractivity (Wildman–Crippen MR) is 90.3 cm³/mol. The van der Waals surface area contributed by atoms with E-state index in [2.05, 4.69) is 10.3 Å². The number of amides is 1. The number of carbonyl (C=O) groups excluding carboxylic acids is 1. The van der Waals surface area contributed by atoms with Crippen molar-refractivity contribution in [3.63, 3.8) is 0 Å². The Morgan fingerprint density at radius 3 is 2.50 bits per heavy atom. The lowest BCUT2D eigenvalue weighted by molar-refractivity contribution is 0.0992. The maximum Gasteiger partial charge on any atom is 0.261 e. The highest BCUT2D eigenvalue weighted by Gasteiger charge is 2.38. The molecule has 0 saturated carbocycles. The van der Waals surface area contributed by atoms with Crippen molar-refractivity contribution in [1.82, 2.24) is 4.98 Å². The normalized spacial score (nSPS) is 16.1. The number of halogens is 1.